The van der Waals surface area contributed by atoms with E-state index in [1.165, 1.54) is 0 Å². The van der Waals surface area contributed by atoms with Crippen molar-refractivity contribution in [3.05, 3.63) is 29.8 Å². The van der Waals surface area contributed by atoms with Crippen LogP contribution in [0.1, 0.15) is 30.6 Å². The van der Waals surface area contributed by atoms with Gasteiger partial charge in [0, 0.05) is 25.3 Å². The fraction of sp³-hybridized carbons (Fsp3) is 0.529. The summed E-state index contributed by atoms with van der Waals surface area (Å²) in [6.07, 6.45) is 0.867. The Bertz CT molecular complexity index is 542. The van der Waals surface area contributed by atoms with Crippen LogP contribution in [0.25, 0.3) is 0 Å². The zero-order chi connectivity index (χ0) is 16.7. The molecule has 1 aromatic carbocycles. The molecule has 1 saturated heterocycles. The number of carbonyl (C=O) groups is 2. The second kappa shape index (κ2) is 8.53. The summed E-state index contributed by atoms with van der Waals surface area (Å²) in [7, 11) is 0. The van der Waals surface area contributed by atoms with Crippen molar-refractivity contribution in [2.24, 2.45) is 0 Å². The van der Waals surface area contributed by atoms with Crippen LogP contribution in [0.3, 0.4) is 0 Å². The lowest BCUT2D eigenvalue weighted by atomic mass is 10.1. The van der Waals surface area contributed by atoms with E-state index in [0.29, 0.717) is 25.3 Å². The quantitative estimate of drug-likeness (QED) is 0.826. The summed E-state index contributed by atoms with van der Waals surface area (Å²) in [4.78, 5) is 26.6. The van der Waals surface area contributed by atoms with Crippen LogP contribution in [-0.4, -0.2) is 50.7 Å². The molecule has 126 valence electrons. The van der Waals surface area contributed by atoms with Gasteiger partial charge in [0.15, 0.2) is 0 Å². The molecule has 23 heavy (non-hydrogen) atoms. The van der Waals surface area contributed by atoms with Crippen LogP contribution in [0.2, 0.25) is 0 Å². The van der Waals surface area contributed by atoms with Crippen molar-refractivity contribution in [2.45, 2.75) is 26.3 Å². The van der Waals surface area contributed by atoms with E-state index in [2.05, 4.69) is 15.5 Å². The molecule has 0 aromatic heterocycles. The molecule has 0 radical (unpaired) electrons. The van der Waals surface area contributed by atoms with Crippen molar-refractivity contribution in [3.8, 4) is 0 Å². The van der Waals surface area contributed by atoms with Crippen LogP contribution in [0.5, 0.6) is 0 Å². The maximum Gasteiger partial charge on any atom is 0.254 e. The highest BCUT2D eigenvalue weighted by Gasteiger charge is 2.21. The topological polar surface area (TPSA) is 70.7 Å². The van der Waals surface area contributed by atoms with Gasteiger partial charge in [-0.3, -0.25) is 9.59 Å². The molecule has 1 aliphatic rings. The standard InChI is InChI=1S/C17H25N3O3/c1-3-8-18-16(21)13(2)19-17(22)14-6-4-5-7-15(14)20-9-11-23-12-10-20/h4-7,13H,3,8-12H2,1-2H3,(H,18,21)(H,19,22). The van der Waals surface area contributed by atoms with Crippen LogP contribution < -0.4 is 15.5 Å². The number of rotatable bonds is 6. The smallest absolute Gasteiger partial charge is 0.254 e. The molecule has 0 aliphatic carbocycles. The predicted molar refractivity (Wildman–Crippen MR) is 89.7 cm³/mol. The van der Waals surface area contributed by atoms with Gasteiger partial charge < -0.3 is 20.3 Å². The zero-order valence-electron chi connectivity index (χ0n) is 13.8. The highest BCUT2D eigenvalue weighted by molar-refractivity contribution is 6.01. The summed E-state index contributed by atoms with van der Waals surface area (Å²) in [5.41, 5.74) is 1.47. The summed E-state index contributed by atoms with van der Waals surface area (Å²) in [5.74, 6) is -0.393. The molecule has 1 atom stereocenters. The molecular formula is C17H25N3O3. The molecule has 0 bridgehead atoms. The minimum Gasteiger partial charge on any atom is -0.378 e. The molecule has 2 rings (SSSR count). The molecule has 6 heteroatoms. The third kappa shape index (κ3) is 4.69. The maximum atomic E-state index is 12.5. The van der Waals surface area contributed by atoms with E-state index in [0.717, 1.165) is 25.2 Å². The molecule has 1 fully saturated rings. The monoisotopic (exact) mass is 319 g/mol. The molecule has 6 nitrogen and oxygen atoms in total. The number of hydrogen-bond acceptors (Lipinski definition) is 4. The molecule has 0 spiro atoms. The van der Waals surface area contributed by atoms with Gasteiger partial charge in [-0.2, -0.15) is 0 Å². The van der Waals surface area contributed by atoms with Crippen LogP contribution in [0, 0.1) is 0 Å². The van der Waals surface area contributed by atoms with Crippen molar-refractivity contribution in [3.63, 3.8) is 0 Å². The second-order valence-corrected chi connectivity index (χ2v) is 5.60. The lowest BCUT2D eigenvalue weighted by Crippen LogP contribution is -2.45. The Balaban J connectivity index is 2.05. The van der Waals surface area contributed by atoms with Gasteiger partial charge >= 0.3 is 0 Å². The number of hydrogen-bond donors (Lipinski definition) is 2. The van der Waals surface area contributed by atoms with Gasteiger partial charge in [-0.05, 0) is 25.5 Å². The first-order valence-corrected chi connectivity index (χ1v) is 8.13. The van der Waals surface area contributed by atoms with E-state index in [-0.39, 0.29) is 11.8 Å². The fourth-order valence-corrected chi connectivity index (χ4v) is 2.49. The summed E-state index contributed by atoms with van der Waals surface area (Å²) < 4.78 is 5.36. The average Bonchev–Trinajstić information content (AvgIpc) is 2.60. The van der Waals surface area contributed by atoms with Crippen molar-refractivity contribution in [2.75, 3.05) is 37.7 Å². The van der Waals surface area contributed by atoms with E-state index in [9.17, 15) is 9.59 Å². The number of para-hydroxylation sites is 1. The van der Waals surface area contributed by atoms with Crippen molar-refractivity contribution in [1.82, 2.24) is 10.6 Å². The Morgan fingerprint density at radius 3 is 2.65 bits per heavy atom. The summed E-state index contributed by atoms with van der Waals surface area (Å²) >= 11 is 0. The van der Waals surface area contributed by atoms with Gasteiger partial charge in [0.25, 0.3) is 5.91 Å². The van der Waals surface area contributed by atoms with Crippen molar-refractivity contribution in [1.29, 1.82) is 0 Å². The van der Waals surface area contributed by atoms with Gasteiger partial charge in [-0.15, -0.1) is 0 Å². The molecule has 2 N–H and O–H groups in total. The fourth-order valence-electron chi connectivity index (χ4n) is 2.49. The van der Waals surface area contributed by atoms with Gasteiger partial charge in [-0.1, -0.05) is 19.1 Å². The SMILES string of the molecule is CCCNC(=O)C(C)NC(=O)c1ccccc1N1CCOCC1. The van der Waals surface area contributed by atoms with Crippen molar-refractivity contribution >= 4 is 17.5 Å². The third-order valence-corrected chi connectivity index (χ3v) is 3.79. The Morgan fingerprint density at radius 2 is 1.96 bits per heavy atom. The van der Waals surface area contributed by atoms with E-state index in [1.54, 1.807) is 13.0 Å². The normalized spacial score (nSPS) is 15.8. The average molecular weight is 319 g/mol. The summed E-state index contributed by atoms with van der Waals surface area (Å²) in [5, 5.41) is 5.56. The van der Waals surface area contributed by atoms with Crippen LogP contribution >= 0.6 is 0 Å². The Morgan fingerprint density at radius 1 is 1.26 bits per heavy atom. The Labute approximate surface area is 137 Å². The number of benzene rings is 1. The molecular weight excluding hydrogens is 294 g/mol. The third-order valence-electron chi connectivity index (χ3n) is 3.79. The zero-order valence-corrected chi connectivity index (χ0v) is 13.8. The first-order valence-electron chi connectivity index (χ1n) is 8.13. The van der Waals surface area contributed by atoms with E-state index in [4.69, 9.17) is 4.74 Å². The second-order valence-electron chi connectivity index (χ2n) is 5.60. The molecule has 1 unspecified atom stereocenters. The van der Waals surface area contributed by atoms with E-state index >= 15 is 0 Å². The van der Waals surface area contributed by atoms with E-state index in [1.807, 2.05) is 25.1 Å². The van der Waals surface area contributed by atoms with E-state index < -0.39 is 6.04 Å². The predicted octanol–water partition coefficient (Wildman–Crippen LogP) is 1.17. The molecule has 1 heterocycles. The maximum absolute atomic E-state index is 12.5. The minimum absolute atomic E-state index is 0.163. The lowest BCUT2D eigenvalue weighted by Gasteiger charge is -2.30. The molecule has 0 saturated carbocycles. The number of nitrogens with one attached hydrogen (secondary N) is 2. The van der Waals surface area contributed by atoms with Crippen molar-refractivity contribution < 1.29 is 14.3 Å². The first kappa shape index (κ1) is 17.3. The number of morpholine rings is 1. The highest BCUT2D eigenvalue weighted by Crippen LogP contribution is 2.21. The highest BCUT2D eigenvalue weighted by atomic mass is 16.5. The summed E-state index contributed by atoms with van der Waals surface area (Å²) in [6, 6.07) is 6.91. The van der Waals surface area contributed by atoms with Gasteiger partial charge in [0.05, 0.1) is 18.8 Å². The molecule has 1 aliphatic heterocycles. The lowest BCUT2D eigenvalue weighted by molar-refractivity contribution is -0.122. The van der Waals surface area contributed by atoms with Crippen LogP contribution in [0.15, 0.2) is 24.3 Å². The number of carbonyl (C=O) groups excluding carboxylic acids is 2. The first-order chi connectivity index (χ1) is 11.1. The van der Waals surface area contributed by atoms with Gasteiger partial charge in [0.2, 0.25) is 5.91 Å². The van der Waals surface area contributed by atoms with Gasteiger partial charge in [0.1, 0.15) is 6.04 Å². The Hall–Kier alpha value is -2.08. The number of anilines is 1. The minimum atomic E-state index is -0.563. The largest absolute Gasteiger partial charge is 0.378 e. The van der Waals surface area contributed by atoms with Crippen LogP contribution in [0.4, 0.5) is 5.69 Å². The molecule has 1 aromatic rings. The number of nitrogens with zero attached hydrogens (tertiary/aromatic N) is 1. The number of ether oxygens (including phenoxy) is 1. The van der Waals surface area contributed by atoms with Crippen LogP contribution in [-0.2, 0) is 9.53 Å². The Kier molecular flexibility index (Phi) is 6.40. The number of amides is 2. The summed E-state index contributed by atoms with van der Waals surface area (Å²) in [6.45, 7) is 7.14. The van der Waals surface area contributed by atoms with Gasteiger partial charge in [-0.25, -0.2) is 0 Å². The molecule has 2 amide bonds.